The molecule has 0 bridgehead atoms. The van der Waals surface area contributed by atoms with E-state index in [0.717, 1.165) is 59.4 Å². The van der Waals surface area contributed by atoms with Gasteiger partial charge < -0.3 is 15.3 Å². The summed E-state index contributed by atoms with van der Waals surface area (Å²) in [5.74, 6) is -0.100. The summed E-state index contributed by atoms with van der Waals surface area (Å²) in [5, 5.41) is 28.2. The van der Waals surface area contributed by atoms with Crippen LogP contribution in [0, 0.1) is 17.2 Å². The lowest BCUT2D eigenvalue weighted by molar-refractivity contribution is -0.127. The second-order valence-electron chi connectivity index (χ2n) is 12.8. The third-order valence-electron chi connectivity index (χ3n) is 9.25. The molecule has 1 saturated heterocycles. The monoisotopic (exact) mass is 601 g/mol. The molecule has 226 valence electrons. The standard InChI is InChI=1S/C33H39N5O4S/c1-32(2,40)24-9-13-26(14-10-24)38-21-29(23-7-11-25(12-8-23)37-17-19-43(41,42)20-18-37)30(36-38)27-5-3-4-6-28(27)31(39)35-33(22-34)15-16-33/h7-14,21,27-28,40H,3-6,15-20H2,1-2H3,(H,35,39). The number of nitrogens with zero attached hydrogens (tertiary/aromatic N) is 4. The smallest absolute Gasteiger partial charge is 0.225 e. The molecule has 1 amide bonds. The maximum Gasteiger partial charge on any atom is 0.225 e. The first kappa shape index (κ1) is 29.4. The molecule has 2 aliphatic carbocycles. The van der Waals surface area contributed by atoms with Gasteiger partial charge in [0.15, 0.2) is 9.84 Å². The summed E-state index contributed by atoms with van der Waals surface area (Å²) in [6.07, 6.45) is 6.95. The van der Waals surface area contributed by atoms with E-state index in [1.165, 1.54) is 0 Å². The number of carbonyl (C=O) groups excluding carboxylic acids is 1. The number of anilines is 1. The summed E-state index contributed by atoms with van der Waals surface area (Å²) < 4.78 is 25.7. The summed E-state index contributed by atoms with van der Waals surface area (Å²) in [7, 11) is -2.97. The molecule has 3 aliphatic rings. The molecule has 1 aromatic heterocycles. The van der Waals surface area contributed by atoms with Crippen LogP contribution in [0.25, 0.3) is 16.8 Å². The van der Waals surface area contributed by atoms with Gasteiger partial charge in [0, 0.05) is 42.4 Å². The van der Waals surface area contributed by atoms with Crippen molar-refractivity contribution in [1.29, 1.82) is 5.26 Å². The molecule has 10 heteroatoms. The Morgan fingerprint density at radius 3 is 2.26 bits per heavy atom. The number of hydrogen-bond donors (Lipinski definition) is 2. The maximum absolute atomic E-state index is 13.5. The largest absolute Gasteiger partial charge is 0.386 e. The van der Waals surface area contributed by atoms with E-state index >= 15 is 0 Å². The van der Waals surface area contributed by atoms with Gasteiger partial charge in [-0.1, -0.05) is 37.1 Å². The van der Waals surface area contributed by atoms with Gasteiger partial charge in [-0.2, -0.15) is 10.4 Å². The van der Waals surface area contributed by atoms with E-state index in [1.54, 1.807) is 13.8 Å². The minimum atomic E-state index is -2.97. The molecular weight excluding hydrogens is 562 g/mol. The van der Waals surface area contributed by atoms with Gasteiger partial charge in [-0.25, -0.2) is 13.1 Å². The van der Waals surface area contributed by atoms with Crippen LogP contribution >= 0.6 is 0 Å². The molecule has 3 aromatic rings. The Morgan fingerprint density at radius 2 is 1.65 bits per heavy atom. The van der Waals surface area contributed by atoms with Crippen LogP contribution in [-0.4, -0.2) is 59.3 Å². The number of aromatic nitrogens is 2. The molecular formula is C33H39N5O4S. The molecule has 2 heterocycles. The van der Waals surface area contributed by atoms with Crippen LogP contribution < -0.4 is 10.2 Å². The number of aliphatic hydroxyl groups is 1. The molecule has 0 radical (unpaired) electrons. The van der Waals surface area contributed by atoms with Crippen molar-refractivity contribution < 1.29 is 18.3 Å². The Kier molecular flexibility index (Phi) is 7.59. The van der Waals surface area contributed by atoms with Gasteiger partial charge in [0.1, 0.15) is 5.54 Å². The van der Waals surface area contributed by atoms with E-state index in [2.05, 4.69) is 16.3 Å². The number of nitriles is 1. The fourth-order valence-corrected chi connectivity index (χ4v) is 7.55. The fraction of sp³-hybridized carbons (Fsp3) is 0.485. The first-order valence-electron chi connectivity index (χ1n) is 15.2. The van der Waals surface area contributed by atoms with Crippen molar-refractivity contribution in [2.24, 2.45) is 5.92 Å². The highest BCUT2D eigenvalue weighted by Crippen LogP contribution is 2.43. The summed E-state index contributed by atoms with van der Waals surface area (Å²) in [6.45, 7) is 4.47. The summed E-state index contributed by atoms with van der Waals surface area (Å²) >= 11 is 0. The Morgan fingerprint density at radius 1 is 1.02 bits per heavy atom. The van der Waals surface area contributed by atoms with E-state index in [9.17, 15) is 23.6 Å². The van der Waals surface area contributed by atoms with Crippen molar-refractivity contribution in [3.63, 3.8) is 0 Å². The van der Waals surface area contributed by atoms with E-state index < -0.39 is 21.0 Å². The zero-order valence-corrected chi connectivity index (χ0v) is 25.6. The van der Waals surface area contributed by atoms with E-state index in [0.29, 0.717) is 25.9 Å². The van der Waals surface area contributed by atoms with Crippen molar-refractivity contribution in [2.45, 2.75) is 69.4 Å². The third-order valence-corrected chi connectivity index (χ3v) is 10.9. The predicted molar refractivity (Wildman–Crippen MR) is 166 cm³/mol. The first-order valence-corrected chi connectivity index (χ1v) is 17.0. The van der Waals surface area contributed by atoms with E-state index in [4.69, 9.17) is 5.10 Å². The fourth-order valence-electron chi connectivity index (χ4n) is 6.35. The summed E-state index contributed by atoms with van der Waals surface area (Å²) in [6, 6.07) is 18.1. The van der Waals surface area contributed by atoms with Gasteiger partial charge in [0.25, 0.3) is 0 Å². The van der Waals surface area contributed by atoms with Crippen LogP contribution in [0.2, 0.25) is 0 Å². The topological polar surface area (TPSA) is 128 Å². The van der Waals surface area contributed by atoms with Crippen LogP contribution in [-0.2, 0) is 20.2 Å². The molecule has 2 aromatic carbocycles. The van der Waals surface area contributed by atoms with Crippen molar-refractivity contribution in [2.75, 3.05) is 29.5 Å². The molecule has 6 rings (SSSR count). The molecule has 2 N–H and O–H groups in total. The van der Waals surface area contributed by atoms with Crippen LogP contribution in [0.15, 0.2) is 54.7 Å². The minimum Gasteiger partial charge on any atom is -0.386 e. The van der Waals surface area contributed by atoms with Crippen molar-refractivity contribution in [3.05, 3.63) is 66.0 Å². The quantitative estimate of drug-likeness (QED) is 0.410. The summed E-state index contributed by atoms with van der Waals surface area (Å²) in [4.78, 5) is 15.7. The molecule has 43 heavy (non-hydrogen) atoms. The van der Waals surface area contributed by atoms with Crippen molar-refractivity contribution in [3.8, 4) is 22.9 Å². The van der Waals surface area contributed by atoms with Gasteiger partial charge in [0.2, 0.25) is 5.91 Å². The average Bonchev–Trinajstić information content (AvgIpc) is 3.63. The molecule has 2 saturated carbocycles. The Hall–Kier alpha value is -3.68. The van der Waals surface area contributed by atoms with Crippen LogP contribution in [0.1, 0.15) is 69.5 Å². The lowest BCUT2D eigenvalue weighted by Crippen LogP contribution is -2.42. The molecule has 2 atom stereocenters. The molecule has 0 spiro atoms. The van der Waals surface area contributed by atoms with Crippen LogP contribution in [0.3, 0.4) is 0 Å². The number of nitrogens with one attached hydrogen (secondary N) is 1. The van der Waals surface area contributed by atoms with Gasteiger partial charge in [0.05, 0.1) is 34.6 Å². The zero-order valence-electron chi connectivity index (χ0n) is 24.8. The third kappa shape index (κ3) is 6.20. The lowest BCUT2D eigenvalue weighted by Gasteiger charge is -2.31. The molecule has 1 aliphatic heterocycles. The number of amides is 1. The average molecular weight is 602 g/mol. The highest BCUT2D eigenvalue weighted by atomic mass is 32.2. The van der Waals surface area contributed by atoms with Gasteiger partial charge in [-0.05, 0) is 74.9 Å². The Labute approximate surface area is 253 Å². The maximum atomic E-state index is 13.5. The van der Waals surface area contributed by atoms with Gasteiger partial charge in [-0.3, -0.25) is 4.79 Å². The highest BCUT2D eigenvalue weighted by Gasteiger charge is 2.47. The minimum absolute atomic E-state index is 0.0609. The number of sulfone groups is 1. The van der Waals surface area contributed by atoms with Crippen molar-refractivity contribution in [1.82, 2.24) is 15.1 Å². The first-order chi connectivity index (χ1) is 20.5. The van der Waals surface area contributed by atoms with E-state index in [1.807, 2.05) is 59.4 Å². The van der Waals surface area contributed by atoms with Gasteiger partial charge in [-0.15, -0.1) is 0 Å². The second-order valence-corrected chi connectivity index (χ2v) is 15.1. The van der Waals surface area contributed by atoms with Crippen molar-refractivity contribution >= 4 is 21.4 Å². The number of carbonyl (C=O) groups is 1. The number of rotatable bonds is 7. The van der Waals surface area contributed by atoms with Crippen LogP contribution in [0.4, 0.5) is 5.69 Å². The summed E-state index contributed by atoms with van der Waals surface area (Å²) in [5.41, 5.74) is 3.76. The normalized spacial score (nSPS) is 22.9. The van der Waals surface area contributed by atoms with Crippen LogP contribution in [0.5, 0.6) is 0 Å². The molecule has 3 fully saturated rings. The Balaban J connectivity index is 1.35. The van der Waals surface area contributed by atoms with E-state index in [-0.39, 0.29) is 29.2 Å². The zero-order chi connectivity index (χ0) is 30.4. The number of benzene rings is 2. The molecule has 9 nitrogen and oxygen atoms in total. The Bertz CT molecular complexity index is 1630. The molecule has 2 unspecified atom stereocenters. The SMILES string of the molecule is CC(C)(O)c1ccc(-n2cc(-c3ccc(N4CCS(=O)(=O)CC4)cc3)c(C3CCCCC3C(=O)NC3(C#N)CC3)n2)cc1. The lowest BCUT2D eigenvalue weighted by atomic mass is 9.75. The predicted octanol–water partition coefficient (Wildman–Crippen LogP) is 4.45. The highest BCUT2D eigenvalue weighted by molar-refractivity contribution is 7.91. The van der Waals surface area contributed by atoms with Gasteiger partial charge >= 0.3 is 0 Å². The second kappa shape index (κ2) is 11.1. The number of hydrogen-bond acceptors (Lipinski definition) is 7.